The lowest BCUT2D eigenvalue weighted by molar-refractivity contribution is 0.145. The first-order valence-corrected chi connectivity index (χ1v) is 4.44. The molecule has 0 spiro atoms. The van der Waals surface area contributed by atoms with Crippen LogP contribution in [0.2, 0.25) is 0 Å². The Labute approximate surface area is 64.4 Å². The predicted molar refractivity (Wildman–Crippen MR) is 45.1 cm³/mol. The maximum Gasteiger partial charge on any atom is 0.00921 e. The molecule has 0 aromatic rings. The summed E-state index contributed by atoms with van der Waals surface area (Å²) in [6.07, 6.45) is 4.13. The second kappa shape index (κ2) is 3.38. The lowest BCUT2D eigenvalue weighted by atomic mass is 9.92. The molecule has 0 aromatic carbocycles. The molecule has 1 rings (SSSR count). The summed E-state index contributed by atoms with van der Waals surface area (Å²) in [5.41, 5.74) is 0. The number of piperidine rings is 1. The van der Waals surface area contributed by atoms with Gasteiger partial charge in [0.25, 0.3) is 0 Å². The lowest BCUT2D eigenvalue weighted by Crippen LogP contribution is -2.38. The summed E-state index contributed by atoms with van der Waals surface area (Å²) in [4.78, 5) is 2.50. The van der Waals surface area contributed by atoms with Gasteiger partial charge in [0.05, 0.1) is 0 Å². The van der Waals surface area contributed by atoms with Crippen LogP contribution in [0, 0.1) is 5.92 Å². The van der Waals surface area contributed by atoms with Crippen molar-refractivity contribution in [1.82, 2.24) is 4.90 Å². The fourth-order valence-corrected chi connectivity index (χ4v) is 1.85. The van der Waals surface area contributed by atoms with E-state index in [4.69, 9.17) is 0 Å². The van der Waals surface area contributed by atoms with Gasteiger partial charge in [-0.15, -0.1) is 0 Å². The van der Waals surface area contributed by atoms with E-state index in [1.807, 2.05) is 0 Å². The zero-order chi connectivity index (χ0) is 7.56. The van der Waals surface area contributed by atoms with Gasteiger partial charge in [0.2, 0.25) is 0 Å². The fourth-order valence-electron chi connectivity index (χ4n) is 1.85. The molecule has 0 bridgehead atoms. The minimum atomic E-state index is 0.865. The second-order valence-electron chi connectivity index (χ2n) is 3.67. The molecule has 0 radical (unpaired) electrons. The van der Waals surface area contributed by atoms with E-state index in [0.29, 0.717) is 0 Å². The monoisotopic (exact) mass is 141 g/mol. The van der Waals surface area contributed by atoms with Crippen molar-refractivity contribution in [2.24, 2.45) is 5.92 Å². The van der Waals surface area contributed by atoms with Gasteiger partial charge in [-0.2, -0.15) is 0 Å². The lowest BCUT2D eigenvalue weighted by Gasteiger charge is -2.35. The van der Waals surface area contributed by atoms with Crippen LogP contribution in [-0.2, 0) is 0 Å². The number of nitrogens with zero attached hydrogens (tertiary/aromatic N) is 1. The van der Waals surface area contributed by atoms with Crippen LogP contribution in [0.5, 0.6) is 0 Å². The smallest absolute Gasteiger partial charge is 0.00921 e. The summed E-state index contributed by atoms with van der Waals surface area (Å²) < 4.78 is 0. The van der Waals surface area contributed by atoms with Gasteiger partial charge in [-0.1, -0.05) is 13.8 Å². The summed E-state index contributed by atoms with van der Waals surface area (Å²) in [6.45, 7) is 5.97. The highest BCUT2D eigenvalue weighted by atomic mass is 15.1. The number of rotatable bonds is 1. The zero-order valence-corrected chi connectivity index (χ0v) is 7.43. The Morgan fingerprint density at radius 2 is 2.20 bits per heavy atom. The highest BCUT2D eigenvalue weighted by molar-refractivity contribution is 4.76. The molecule has 1 saturated heterocycles. The Morgan fingerprint density at radius 1 is 1.50 bits per heavy atom. The summed E-state index contributed by atoms with van der Waals surface area (Å²) >= 11 is 0. The highest BCUT2D eigenvalue weighted by Gasteiger charge is 2.21. The average molecular weight is 141 g/mol. The van der Waals surface area contributed by atoms with Crippen molar-refractivity contribution in [3.8, 4) is 0 Å². The molecule has 0 aliphatic carbocycles. The van der Waals surface area contributed by atoms with E-state index in [9.17, 15) is 0 Å². The molecule has 1 nitrogen and oxygen atoms in total. The van der Waals surface area contributed by atoms with Gasteiger partial charge >= 0.3 is 0 Å². The largest absolute Gasteiger partial charge is 0.303 e. The first-order chi connectivity index (χ1) is 4.74. The summed E-state index contributed by atoms with van der Waals surface area (Å²) in [5, 5.41) is 0. The van der Waals surface area contributed by atoms with Gasteiger partial charge in [0.1, 0.15) is 0 Å². The molecule has 1 fully saturated rings. The topological polar surface area (TPSA) is 3.24 Å². The van der Waals surface area contributed by atoms with E-state index in [-0.39, 0.29) is 0 Å². The van der Waals surface area contributed by atoms with E-state index in [1.165, 1.54) is 25.8 Å². The summed E-state index contributed by atoms with van der Waals surface area (Å²) in [5.74, 6) is 0.959. The highest BCUT2D eigenvalue weighted by Crippen LogP contribution is 2.22. The van der Waals surface area contributed by atoms with E-state index in [1.54, 1.807) is 0 Å². The summed E-state index contributed by atoms with van der Waals surface area (Å²) in [7, 11) is 2.25. The van der Waals surface area contributed by atoms with Crippen LogP contribution in [0.1, 0.15) is 33.1 Å². The minimum Gasteiger partial charge on any atom is -0.303 e. The molecule has 60 valence electrons. The van der Waals surface area contributed by atoms with E-state index < -0.39 is 0 Å². The van der Waals surface area contributed by atoms with Crippen LogP contribution in [0.4, 0.5) is 0 Å². The Hall–Kier alpha value is -0.0400. The molecule has 2 unspecified atom stereocenters. The molecular weight excluding hydrogens is 122 g/mol. The van der Waals surface area contributed by atoms with Crippen molar-refractivity contribution in [2.45, 2.75) is 39.2 Å². The molecule has 0 saturated carbocycles. The van der Waals surface area contributed by atoms with Crippen LogP contribution >= 0.6 is 0 Å². The third-order valence-electron chi connectivity index (χ3n) is 2.74. The Morgan fingerprint density at radius 3 is 2.70 bits per heavy atom. The van der Waals surface area contributed by atoms with Gasteiger partial charge in [-0.3, -0.25) is 0 Å². The molecule has 1 aliphatic heterocycles. The first kappa shape index (κ1) is 8.06. The van der Waals surface area contributed by atoms with Gasteiger partial charge in [-0.25, -0.2) is 0 Å². The molecule has 0 N–H and O–H groups in total. The van der Waals surface area contributed by atoms with Crippen molar-refractivity contribution < 1.29 is 0 Å². The predicted octanol–water partition coefficient (Wildman–Crippen LogP) is 2.13. The average Bonchev–Trinajstić information content (AvgIpc) is 1.94. The minimum absolute atomic E-state index is 0.865. The molecule has 1 heterocycles. The Bertz CT molecular complexity index is 101. The van der Waals surface area contributed by atoms with Crippen LogP contribution in [-0.4, -0.2) is 24.5 Å². The molecule has 2 atom stereocenters. The second-order valence-corrected chi connectivity index (χ2v) is 3.67. The fraction of sp³-hybridized carbons (Fsp3) is 1.00. The SMILES string of the molecule is CCC1CC(C)CCN1C. The first-order valence-electron chi connectivity index (χ1n) is 4.44. The molecular formula is C9H19N. The van der Waals surface area contributed by atoms with Crippen LogP contribution in [0.3, 0.4) is 0 Å². The molecule has 10 heavy (non-hydrogen) atoms. The molecule has 0 amide bonds. The summed E-state index contributed by atoms with van der Waals surface area (Å²) in [6, 6.07) is 0.865. The number of hydrogen-bond acceptors (Lipinski definition) is 1. The van der Waals surface area contributed by atoms with Crippen LogP contribution in [0.15, 0.2) is 0 Å². The van der Waals surface area contributed by atoms with Crippen molar-refractivity contribution in [2.75, 3.05) is 13.6 Å². The van der Waals surface area contributed by atoms with Crippen molar-refractivity contribution in [3.05, 3.63) is 0 Å². The third-order valence-corrected chi connectivity index (χ3v) is 2.74. The Balaban J connectivity index is 2.38. The Kier molecular flexibility index (Phi) is 2.72. The van der Waals surface area contributed by atoms with Crippen LogP contribution in [0.25, 0.3) is 0 Å². The van der Waals surface area contributed by atoms with E-state index in [2.05, 4.69) is 25.8 Å². The molecule has 1 aliphatic rings. The maximum atomic E-state index is 2.50. The standard InChI is InChI=1S/C9H19N/c1-4-9-7-8(2)5-6-10(9)3/h8-9H,4-7H2,1-3H3. The maximum absolute atomic E-state index is 2.50. The number of likely N-dealkylation sites (tertiary alicyclic amines) is 1. The van der Waals surface area contributed by atoms with E-state index >= 15 is 0 Å². The quantitative estimate of drug-likeness (QED) is 0.540. The molecule has 1 heteroatoms. The van der Waals surface area contributed by atoms with Crippen molar-refractivity contribution >= 4 is 0 Å². The van der Waals surface area contributed by atoms with Gasteiger partial charge in [0.15, 0.2) is 0 Å². The van der Waals surface area contributed by atoms with Gasteiger partial charge < -0.3 is 4.90 Å². The normalized spacial score (nSPS) is 36.3. The van der Waals surface area contributed by atoms with Crippen LogP contribution < -0.4 is 0 Å². The van der Waals surface area contributed by atoms with Crippen molar-refractivity contribution in [1.29, 1.82) is 0 Å². The van der Waals surface area contributed by atoms with E-state index in [0.717, 1.165) is 12.0 Å². The molecule has 0 aromatic heterocycles. The van der Waals surface area contributed by atoms with Gasteiger partial charge in [0, 0.05) is 6.04 Å². The van der Waals surface area contributed by atoms with Crippen molar-refractivity contribution in [3.63, 3.8) is 0 Å². The third kappa shape index (κ3) is 1.72. The van der Waals surface area contributed by atoms with Gasteiger partial charge in [-0.05, 0) is 38.8 Å². The number of hydrogen-bond donors (Lipinski definition) is 0. The zero-order valence-electron chi connectivity index (χ0n) is 7.43.